The fraction of sp³-hybridized carbons (Fsp3) is 0.778. The van der Waals surface area contributed by atoms with Crippen molar-refractivity contribution in [1.29, 1.82) is 0 Å². The Morgan fingerprint density at radius 3 is 2.45 bits per heavy atom. The van der Waals surface area contributed by atoms with Crippen molar-refractivity contribution in [3.05, 3.63) is 17.6 Å². The second-order valence-electron chi connectivity index (χ2n) is 11.4. The number of allylic oxidation sites excluding steroid dienone is 1. The molecule has 3 unspecified atom stereocenters. The molecule has 0 spiro atoms. The highest BCUT2D eigenvalue weighted by Gasteiger charge is 2.38. The summed E-state index contributed by atoms with van der Waals surface area (Å²) in [6.07, 6.45) is 9.26. The van der Waals surface area contributed by atoms with Gasteiger partial charge in [-0.05, 0) is 69.4 Å². The molecule has 0 N–H and O–H groups in total. The topological polar surface area (TPSA) is 76.5 Å². The zero-order valence-electron chi connectivity index (χ0n) is 22.9. The number of hydrogen-bond donors (Lipinski definition) is 0. The minimum atomic E-state index is 0.0319. The van der Waals surface area contributed by atoms with Crippen LogP contribution >= 0.6 is 35.1 Å². The van der Waals surface area contributed by atoms with Crippen LogP contribution in [0.15, 0.2) is 6.20 Å². The van der Waals surface area contributed by atoms with E-state index < -0.39 is 0 Å². The molecule has 2 aromatic heterocycles. The maximum absolute atomic E-state index is 6.63. The fourth-order valence-electron chi connectivity index (χ4n) is 5.94. The van der Waals surface area contributed by atoms with Crippen molar-refractivity contribution in [1.82, 2.24) is 27.3 Å². The number of halogens is 1. The normalized spacial score (nSPS) is 28.1. The predicted octanol–water partition coefficient (Wildman–Crippen LogP) is 5.77. The standard InChI is InChI=1S/C14H23N3OS.C13H18ClN3OS/c1-10(2)5-8-18-14-13(15-19-16-14)12-9-17-6-3-11(12)4-7-17;1-2-6-18-13-12(15-19-16-13)10-8-17-5-3-4-9(7-17)11(10)14/h10-12H,3-9H2,1-2H3;8-9,11H,2-7H2,1H3. The molecule has 0 amide bonds. The number of alkyl halides is 1. The van der Waals surface area contributed by atoms with Gasteiger partial charge in [-0.2, -0.15) is 8.75 Å². The van der Waals surface area contributed by atoms with Gasteiger partial charge in [0.05, 0.1) is 42.0 Å². The maximum atomic E-state index is 6.63. The Labute approximate surface area is 240 Å². The lowest BCUT2D eigenvalue weighted by molar-refractivity contribution is 0.0840. The number of piperidine rings is 4. The van der Waals surface area contributed by atoms with E-state index in [0.717, 1.165) is 67.8 Å². The number of ether oxygens (including phenoxy) is 2. The zero-order chi connectivity index (χ0) is 26.5. The van der Waals surface area contributed by atoms with Crippen molar-refractivity contribution in [3.63, 3.8) is 0 Å². The molecule has 2 aromatic rings. The number of nitrogens with zero attached hydrogens (tertiary/aromatic N) is 6. The first kappa shape index (κ1) is 28.1. The van der Waals surface area contributed by atoms with Crippen molar-refractivity contribution in [2.45, 2.75) is 70.6 Å². The molecule has 4 bridgehead atoms. The quantitative estimate of drug-likeness (QED) is 0.346. The maximum Gasteiger partial charge on any atom is 0.253 e. The Kier molecular flexibility index (Phi) is 9.78. The van der Waals surface area contributed by atoms with Crippen LogP contribution in [0.1, 0.15) is 76.6 Å². The lowest BCUT2D eigenvalue weighted by Crippen LogP contribution is -2.46. The van der Waals surface area contributed by atoms with E-state index in [0.29, 0.717) is 30.2 Å². The molecule has 7 heterocycles. The lowest BCUT2D eigenvalue weighted by atomic mass is 9.77. The van der Waals surface area contributed by atoms with Gasteiger partial charge in [-0.25, -0.2) is 0 Å². The van der Waals surface area contributed by atoms with Gasteiger partial charge >= 0.3 is 0 Å². The Bertz CT molecular complexity index is 1050. The molecule has 0 radical (unpaired) electrons. The van der Waals surface area contributed by atoms with E-state index in [-0.39, 0.29) is 5.38 Å². The highest BCUT2D eigenvalue weighted by molar-refractivity contribution is 6.99. The molecule has 5 aliphatic rings. The number of hydrogen-bond acceptors (Lipinski definition) is 10. The first-order chi connectivity index (χ1) is 18.5. The smallest absolute Gasteiger partial charge is 0.253 e. The van der Waals surface area contributed by atoms with Crippen molar-refractivity contribution < 1.29 is 9.47 Å². The van der Waals surface area contributed by atoms with Crippen molar-refractivity contribution >= 4 is 40.6 Å². The largest absolute Gasteiger partial charge is 0.476 e. The third kappa shape index (κ3) is 6.62. The molecule has 8 nitrogen and oxygen atoms in total. The van der Waals surface area contributed by atoms with Gasteiger partial charge in [0.25, 0.3) is 5.88 Å². The first-order valence-electron chi connectivity index (χ1n) is 14.3. The molecular weight excluding hydrogens is 540 g/mol. The van der Waals surface area contributed by atoms with Crippen LogP contribution in [0.25, 0.3) is 5.57 Å². The third-order valence-corrected chi connectivity index (χ3v) is 9.75. The van der Waals surface area contributed by atoms with Crippen molar-refractivity contribution in [2.75, 3.05) is 45.9 Å². The van der Waals surface area contributed by atoms with Gasteiger partial charge < -0.3 is 19.3 Å². The van der Waals surface area contributed by atoms with Crippen LogP contribution in [0.5, 0.6) is 11.8 Å². The molecule has 0 aliphatic carbocycles. The van der Waals surface area contributed by atoms with Crippen LogP contribution in [0.3, 0.4) is 0 Å². The van der Waals surface area contributed by atoms with E-state index in [9.17, 15) is 0 Å². The molecule has 0 saturated carbocycles. The van der Waals surface area contributed by atoms with Crippen molar-refractivity contribution in [2.24, 2.45) is 17.8 Å². The van der Waals surface area contributed by atoms with E-state index in [1.54, 1.807) is 0 Å². The molecule has 210 valence electrons. The Morgan fingerprint density at radius 1 is 0.947 bits per heavy atom. The monoisotopic (exact) mass is 580 g/mol. The average Bonchev–Trinajstić information content (AvgIpc) is 3.60. The molecular formula is C27H41ClN6O2S2. The van der Waals surface area contributed by atoms with E-state index in [4.69, 9.17) is 21.1 Å². The van der Waals surface area contributed by atoms with E-state index in [1.165, 1.54) is 62.2 Å². The van der Waals surface area contributed by atoms with Crippen LogP contribution in [-0.4, -0.2) is 78.6 Å². The predicted molar refractivity (Wildman–Crippen MR) is 154 cm³/mol. The van der Waals surface area contributed by atoms with Crippen LogP contribution < -0.4 is 9.47 Å². The first-order valence-corrected chi connectivity index (χ1v) is 16.2. The van der Waals surface area contributed by atoms with Gasteiger partial charge in [0.1, 0.15) is 11.4 Å². The Hall–Kier alpha value is -1.49. The van der Waals surface area contributed by atoms with Crippen LogP contribution in [0, 0.1) is 17.8 Å². The molecule has 4 saturated heterocycles. The number of fused-ring (bicyclic) bond motifs is 5. The van der Waals surface area contributed by atoms with Gasteiger partial charge in [0.2, 0.25) is 5.88 Å². The summed E-state index contributed by atoms with van der Waals surface area (Å²) in [5.41, 5.74) is 3.05. The zero-order valence-corrected chi connectivity index (χ0v) is 25.2. The lowest BCUT2D eigenvalue weighted by Gasteiger charge is -2.44. The summed E-state index contributed by atoms with van der Waals surface area (Å²) < 4.78 is 29.1. The van der Waals surface area contributed by atoms with Gasteiger partial charge in [-0.1, -0.05) is 20.8 Å². The molecule has 0 aromatic carbocycles. The van der Waals surface area contributed by atoms with E-state index >= 15 is 0 Å². The van der Waals surface area contributed by atoms with Crippen LogP contribution in [0.2, 0.25) is 0 Å². The molecule has 5 aliphatic heterocycles. The minimum absolute atomic E-state index is 0.0319. The molecule has 11 heteroatoms. The van der Waals surface area contributed by atoms with E-state index in [1.807, 2.05) is 0 Å². The van der Waals surface area contributed by atoms with Gasteiger partial charge in [-0.15, -0.1) is 20.3 Å². The Morgan fingerprint density at radius 2 is 1.71 bits per heavy atom. The summed E-state index contributed by atoms with van der Waals surface area (Å²) in [5, 5.41) is 0.0319. The second-order valence-corrected chi connectivity index (χ2v) is 12.9. The summed E-state index contributed by atoms with van der Waals surface area (Å²) in [6, 6.07) is 0. The average molecular weight is 581 g/mol. The molecule has 4 fully saturated rings. The summed E-state index contributed by atoms with van der Waals surface area (Å²) >= 11 is 9.13. The summed E-state index contributed by atoms with van der Waals surface area (Å²) in [4.78, 5) is 4.91. The highest BCUT2D eigenvalue weighted by Crippen LogP contribution is 2.42. The van der Waals surface area contributed by atoms with Crippen LogP contribution in [-0.2, 0) is 0 Å². The van der Waals surface area contributed by atoms with Crippen molar-refractivity contribution in [3.8, 4) is 11.8 Å². The molecule has 7 rings (SSSR count). The number of aromatic nitrogens is 4. The number of rotatable bonds is 9. The molecule has 38 heavy (non-hydrogen) atoms. The third-order valence-electron chi connectivity index (χ3n) is 8.12. The SMILES string of the molecule is CC(C)CCOc1nsnc1C1CN2CCC1CC2.CCCOc1nsnc1C1=CN2CCCC(C2)C1Cl. The fourth-order valence-corrected chi connectivity index (χ4v) is 7.39. The van der Waals surface area contributed by atoms with Gasteiger partial charge in [-0.3, -0.25) is 0 Å². The summed E-state index contributed by atoms with van der Waals surface area (Å²) in [6.45, 7) is 13.8. The summed E-state index contributed by atoms with van der Waals surface area (Å²) in [5.74, 6) is 3.99. The Balaban J connectivity index is 0.000000155. The highest BCUT2D eigenvalue weighted by atomic mass is 35.5. The minimum Gasteiger partial charge on any atom is -0.476 e. The van der Waals surface area contributed by atoms with Gasteiger partial charge in [0.15, 0.2) is 0 Å². The van der Waals surface area contributed by atoms with Crippen LogP contribution in [0.4, 0.5) is 0 Å². The molecule has 3 atom stereocenters. The van der Waals surface area contributed by atoms with Gasteiger partial charge in [0, 0.05) is 37.3 Å². The second kappa shape index (κ2) is 13.2. The van der Waals surface area contributed by atoms with E-state index in [2.05, 4.69) is 54.3 Å². The summed E-state index contributed by atoms with van der Waals surface area (Å²) in [7, 11) is 0.